The van der Waals surface area contributed by atoms with Crippen molar-refractivity contribution in [3.63, 3.8) is 0 Å². The van der Waals surface area contributed by atoms with Gasteiger partial charge in [0.2, 0.25) is 11.8 Å². The van der Waals surface area contributed by atoms with E-state index in [9.17, 15) is 9.59 Å². The Kier molecular flexibility index (Phi) is 9.35. The minimum Gasteiger partial charge on any atom is -0.494 e. The van der Waals surface area contributed by atoms with Gasteiger partial charge in [-0.3, -0.25) is 9.59 Å². The fourth-order valence-corrected chi connectivity index (χ4v) is 4.31. The molecule has 2 amide bonds. The predicted octanol–water partition coefficient (Wildman–Crippen LogP) is 5.33. The molecule has 2 aromatic carbocycles. The second kappa shape index (κ2) is 12.4. The maximum atomic E-state index is 13.2. The average molecular weight is 451 g/mol. The van der Waals surface area contributed by atoms with Crippen LogP contribution < -0.4 is 10.1 Å². The maximum Gasteiger partial charge on any atom is 0.242 e. The summed E-state index contributed by atoms with van der Waals surface area (Å²) in [5.74, 6) is 0.738. The van der Waals surface area contributed by atoms with Crippen LogP contribution in [0.4, 0.5) is 0 Å². The first kappa shape index (κ1) is 24.8. The zero-order valence-electron chi connectivity index (χ0n) is 20.3. The number of rotatable bonds is 10. The highest BCUT2D eigenvalue weighted by Gasteiger charge is 2.28. The predicted molar refractivity (Wildman–Crippen MR) is 132 cm³/mol. The lowest BCUT2D eigenvalue weighted by atomic mass is 9.95. The molecule has 0 bridgehead atoms. The van der Waals surface area contributed by atoms with Crippen LogP contribution in [0.15, 0.2) is 48.5 Å². The smallest absolute Gasteiger partial charge is 0.242 e. The van der Waals surface area contributed by atoms with Crippen LogP contribution in [0.5, 0.6) is 5.75 Å². The van der Waals surface area contributed by atoms with Crippen LogP contribution in [0.1, 0.15) is 68.6 Å². The number of carbonyl (C=O) groups excluding carboxylic acids is 2. The Bertz CT molecular complexity index is 904. The molecule has 0 saturated heterocycles. The third kappa shape index (κ3) is 7.62. The molecule has 0 aliphatic heterocycles. The van der Waals surface area contributed by atoms with E-state index in [1.807, 2.05) is 69.3 Å². The summed E-state index contributed by atoms with van der Waals surface area (Å²) in [7, 11) is 0. The van der Waals surface area contributed by atoms with Crippen LogP contribution in [-0.2, 0) is 16.1 Å². The third-order valence-electron chi connectivity index (χ3n) is 6.55. The van der Waals surface area contributed by atoms with Gasteiger partial charge in [0.05, 0.1) is 6.61 Å². The molecule has 1 aliphatic carbocycles. The quantitative estimate of drug-likeness (QED) is 0.498. The van der Waals surface area contributed by atoms with E-state index in [2.05, 4.69) is 5.32 Å². The summed E-state index contributed by atoms with van der Waals surface area (Å²) >= 11 is 0. The fraction of sp³-hybridized carbons (Fsp3) is 0.500. The van der Waals surface area contributed by atoms with E-state index in [1.54, 1.807) is 4.90 Å². The van der Waals surface area contributed by atoms with Gasteiger partial charge in [-0.15, -0.1) is 0 Å². The Morgan fingerprint density at radius 3 is 2.42 bits per heavy atom. The van der Waals surface area contributed by atoms with Gasteiger partial charge in [-0.1, -0.05) is 61.2 Å². The first-order valence-electron chi connectivity index (χ1n) is 12.3. The molecule has 0 radical (unpaired) electrons. The van der Waals surface area contributed by atoms with Crippen LogP contribution in [-0.4, -0.2) is 35.4 Å². The zero-order valence-corrected chi connectivity index (χ0v) is 20.3. The molecule has 1 aliphatic rings. The first-order valence-corrected chi connectivity index (χ1v) is 12.3. The van der Waals surface area contributed by atoms with Crippen molar-refractivity contribution in [2.75, 3.05) is 6.61 Å². The van der Waals surface area contributed by atoms with Crippen molar-refractivity contribution < 1.29 is 14.3 Å². The second-order valence-electron chi connectivity index (χ2n) is 9.23. The summed E-state index contributed by atoms with van der Waals surface area (Å²) in [6, 6.07) is 15.7. The number of carbonyl (C=O) groups is 2. The molecule has 5 heteroatoms. The molecule has 0 aromatic heterocycles. The van der Waals surface area contributed by atoms with Crippen LogP contribution >= 0.6 is 0 Å². The summed E-state index contributed by atoms with van der Waals surface area (Å²) in [4.78, 5) is 28.0. The number of ether oxygens (including phenoxy) is 1. The molecule has 1 saturated carbocycles. The van der Waals surface area contributed by atoms with Crippen LogP contribution in [0, 0.1) is 13.8 Å². The van der Waals surface area contributed by atoms with E-state index in [-0.39, 0.29) is 17.9 Å². The summed E-state index contributed by atoms with van der Waals surface area (Å²) < 4.78 is 5.79. The summed E-state index contributed by atoms with van der Waals surface area (Å²) in [6.45, 7) is 6.83. The van der Waals surface area contributed by atoms with Gasteiger partial charge in [-0.2, -0.15) is 0 Å². The van der Waals surface area contributed by atoms with Crippen molar-refractivity contribution in [2.45, 2.75) is 84.3 Å². The van der Waals surface area contributed by atoms with Gasteiger partial charge < -0.3 is 15.0 Å². The lowest BCUT2D eigenvalue weighted by Gasteiger charge is -2.31. The number of hydrogen-bond donors (Lipinski definition) is 1. The number of nitrogens with zero attached hydrogens (tertiary/aromatic N) is 1. The molecule has 1 N–H and O–H groups in total. The van der Waals surface area contributed by atoms with Crippen molar-refractivity contribution in [2.24, 2.45) is 0 Å². The SMILES string of the molecule is Cc1ccc(OCCCC(=O)N(Cc2ccccc2C)C(C)C(=O)NC2CCCCC2)cc1. The number of nitrogens with one attached hydrogen (secondary N) is 1. The topological polar surface area (TPSA) is 58.6 Å². The maximum absolute atomic E-state index is 13.2. The number of amides is 2. The second-order valence-corrected chi connectivity index (χ2v) is 9.23. The molecule has 1 unspecified atom stereocenters. The lowest BCUT2D eigenvalue weighted by Crippen LogP contribution is -2.50. The summed E-state index contributed by atoms with van der Waals surface area (Å²) in [6.07, 6.45) is 6.57. The fourth-order valence-electron chi connectivity index (χ4n) is 4.31. The van der Waals surface area contributed by atoms with Crippen molar-refractivity contribution in [3.05, 3.63) is 65.2 Å². The van der Waals surface area contributed by atoms with E-state index >= 15 is 0 Å². The number of benzene rings is 2. The van der Waals surface area contributed by atoms with E-state index in [0.717, 1.165) is 42.6 Å². The molecular formula is C28H38N2O3. The molecule has 33 heavy (non-hydrogen) atoms. The average Bonchev–Trinajstić information content (AvgIpc) is 2.82. The standard InChI is InChI=1S/C28H38N2O3/c1-21-15-17-26(18-16-21)33-19-9-14-27(31)30(20-24-11-8-7-10-22(24)2)23(3)28(32)29-25-12-5-4-6-13-25/h7-8,10-11,15-18,23,25H,4-6,9,12-14,19-20H2,1-3H3,(H,29,32). The van der Waals surface area contributed by atoms with Gasteiger partial charge in [0.1, 0.15) is 11.8 Å². The largest absolute Gasteiger partial charge is 0.494 e. The molecule has 3 rings (SSSR count). The monoisotopic (exact) mass is 450 g/mol. The highest BCUT2D eigenvalue weighted by molar-refractivity contribution is 5.87. The molecule has 2 aromatic rings. The lowest BCUT2D eigenvalue weighted by molar-refractivity contribution is -0.141. The zero-order chi connectivity index (χ0) is 23.6. The van der Waals surface area contributed by atoms with Crippen molar-refractivity contribution in [1.29, 1.82) is 0 Å². The molecule has 0 heterocycles. The van der Waals surface area contributed by atoms with Crippen LogP contribution in [0.25, 0.3) is 0 Å². The Labute approximate surface area is 198 Å². The van der Waals surface area contributed by atoms with E-state index in [0.29, 0.717) is 26.0 Å². The Morgan fingerprint density at radius 1 is 1.03 bits per heavy atom. The summed E-state index contributed by atoms with van der Waals surface area (Å²) in [5.41, 5.74) is 3.38. The van der Waals surface area contributed by atoms with Gasteiger partial charge in [0.15, 0.2) is 0 Å². The van der Waals surface area contributed by atoms with Crippen LogP contribution in [0.3, 0.4) is 0 Å². The highest BCUT2D eigenvalue weighted by atomic mass is 16.5. The van der Waals surface area contributed by atoms with E-state index < -0.39 is 6.04 Å². The molecule has 1 fully saturated rings. The van der Waals surface area contributed by atoms with Gasteiger partial charge >= 0.3 is 0 Å². The van der Waals surface area contributed by atoms with Crippen molar-refractivity contribution in [1.82, 2.24) is 10.2 Å². The third-order valence-corrected chi connectivity index (χ3v) is 6.55. The van der Waals surface area contributed by atoms with Crippen molar-refractivity contribution in [3.8, 4) is 5.75 Å². The summed E-state index contributed by atoms with van der Waals surface area (Å²) in [5, 5.41) is 3.19. The molecule has 1 atom stereocenters. The Hall–Kier alpha value is -2.82. The minimum absolute atomic E-state index is 0.0166. The molecule has 178 valence electrons. The van der Waals surface area contributed by atoms with Gasteiger partial charge in [-0.25, -0.2) is 0 Å². The van der Waals surface area contributed by atoms with Crippen molar-refractivity contribution >= 4 is 11.8 Å². The Morgan fingerprint density at radius 2 is 1.73 bits per heavy atom. The van der Waals surface area contributed by atoms with Gasteiger partial charge in [0.25, 0.3) is 0 Å². The van der Waals surface area contributed by atoms with Crippen LogP contribution in [0.2, 0.25) is 0 Å². The Balaban J connectivity index is 1.60. The number of hydrogen-bond acceptors (Lipinski definition) is 3. The minimum atomic E-state index is -0.517. The number of aryl methyl sites for hydroxylation is 2. The molecule has 5 nitrogen and oxygen atoms in total. The highest BCUT2D eigenvalue weighted by Crippen LogP contribution is 2.19. The van der Waals surface area contributed by atoms with Gasteiger partial charge in [-0.05, 0) is 63.3 Å². The first-order chi connectivity index (χ1) is 15.9. The molecular weight excluding hydrogens is 412 g/mol. The molecule has 0 spiro atoms. The van der Waals surface area contributed by atoms with Gasteiger partial charge in [0, 0.05) is 19.0 Å². The van der Waals surface area contributed by atoms with E-state index in [4.69, 9.17) is 4.74 Å². The normalized spacial score (nSPS) is 15.0. The van der Waals surface area contributed by atoms with E-state index in [1.165, 1.54) is 12.0 Å².